The molecular weight excluding hydrogens is 328 g/mol. The Morgan fingerprint density at radius 1 is 1.12 bits per heavy atom. The summed E-state index contributed by atoms with van der Waals surface area (Å²) in [5.41, 5.74) is 4.03. The highest BCUT2D eigenvalue weighted by molar-refractivity contribution is 5.57. The number of hydrogen-bond donors (Lipinski definition) is 1. The van der Waals surface area contributed by atoms with Gasteiger partial charge in [-0.3, -0.25) is 0 Å². The van der Waals surface area contributed by atoms with Crippen molar-refractivity contribution in [1.82, 2.24) is 15.2 Å². The van der Waals surface area contributed by atoms with E-state index >= 15 is 0 Å². The fraction of sp³-hybridized carbons (Fsp3) is 0.526. The van der Waals surface area contributed by atoms with E-state index < -0.39 is 0 Å². The molecule has 0 saturated carbocycles. The highest BCUT2D eigenvalue weighted by Gasteiger charge is 2.21. The Morgan fingerprint density at radius 2 is 1.88 bits per heavy atom. The average Bonchev–Trinajstić information content (AvgIpc) is 2.68. The van der Waals surface area contributed by atoms with Gasteiger partial charge in [0.05, 0.1) is 6.20 Å². The zero-order chi connectivity index (χ0) is 18.4. The molecule has 1 saturated heterocycles. The van der Waals surface area contributed by atoms with E-state index in [1.54, 1.807) is 13.3 Å². The molecule has 2 aromatic rings. The molecule has 0 spiro atoms. The van der Waals surface area contributed by atoms with E-state index in [2.05, 4.69) is 62.3 Å². The Kier molecular flexibility index (Phi) is 6.22. The molecule has 26 heavy (non-hydrogen) atoms. The van der Waals surface area contributed by atoms with Gasteiger partial charge in [-0.15, -0.1) is 5.10 Å². The van der Waals surface area contributed by atoms with Crippen molar-refractivity contribution in [1.29, 1.82) is 0 Å². The lowest BCUT2D eigenvalue weighted by Gasteiger charge is -2.36. The van der Waals surface area contributed by atoms with Gasteiger partial charge in [0.1, 0.15) is 0 Å². The summed E-state index contributed by atoms with van der Waals surface area (Å²) in [6, 6.07) is 6.51. The number of nitrogens with zero attached hydrogens (tertiary/aromatic N) is 5. The Morgan fingerprint density at radius 3 is 2.65 bits per heavy atom. The molecule has 7 heteroatoms. The van der Waals surface area contributed by atoms with Gasteiger partial charge in [0, 0.05) is 52.1 Å². The molecule has 1 aromatic carbocycles. The molecule has 1 fully saturated rings. The topological polar surface area (TPSA) is 66.4 Å². The van der Waals surface area contributed by atoms with Crippen molar-refractivity contribution in [2.24, 2.45) is 0 Å². The van der Waals surface area contributed by atoms with Crippen LogP contribution in [0.2, 0.25) is 0 Å². The lowest BCUT2D eigenvalue weighted by Crippen LogP contribution is -2.47. The van der Waals surface area contributed by atoms with Gasteiger partial charge in [-0.1, -0.05) is 12.1 Å². The van der Waals surface area contributed by atoms with Crippen molar-refractivity contribution in [2.75, 3.05) is 61.6 Å². The molecule has 0 amide bonds. The summed E-state index contributed by atoms with van der Waals surface area (Å²) in [7, 11) is 1.71. The minimum atomic E-state index is 0.697. The zero-order valence-corrected chi connectivity index (χ0v) is 15.9. The number of hydrogen-bond acceptors (Lipinski definition) is 7. The number of anilines is 3. The molecule has 140 valence electrons. The van der Waals surface area contributed by atoms with Crippen molar-refractivity contribution < 1.29 is 4.74 Å². The second-order valence-corrected chi connectivity index (χ2v) is 6.61. The molecule has 1 aliphatic heterocycles. The zero-order valence-electron chi connectivity index (χ0n) is 15.9. The molecule has 2 heterocycles. The van der Waals surface area contributed by atoms with Crippen LogP contribution in [0, 0.1) is 13.8 Å². The van der Waals surface area contributed by atoms with Gasteiger partial charge >= 0.3 is 0 Å². The number of methoxy groups -OCH3 is 1. The summed E-state index contributed by atoms with van der Waals surface area (Å²) in [4.78, 5) is 9.25. The van der Waals surface area contributed by atoms with Crippen molar-refractivity contribution in [3.8, 4) is 0 Å². The Hall–Kier alpha value is -2.41. The number of nitrogens with one attached hydrogen (secondary N) is 1. The first-order chi connectivity index (χ1) is 12.7. The van der Waals surface area contributed by atoms with E-state index in [4.69, 9.17) is 4.74 Å². The van der Waals surface area contributed by atoms with E-state index in [0.717, 1.165) is 51.6 Å². The van der Waals surface area contributed by atoms with Crippen molar-refractivity contribution in [3.63, 3.8) is 0 Å². The number of aromatic nitrogens is 3. The fourth-order valence-electron chi connectivity index (χ4n) is 3.17. The molecule has 1 N–H and O–H groups in total. The van der Waals surface area contributed by atoms with Crippen LogP contribution in [0.15, 0.2) is 24.4 Å². The van der Waals surface area contributed by atoms with Crippen LogP contribution in [-0.2, 0) is 4.74 Å². The standard InChI is InChI=1S/C19H28N6O/c1-15-6-4-7-17(16(15)2)24-9-11-25(12-10-24)19-22-18(14-21-23-19)20-8-5-13-26-3/h4,6-7,14H,5,8-13H2,1-3H3,(H,20,22,23). The first-order valence-corrected chi connectivity index (χ1v) is 9.17. The van der Waals surface area contributed by atoms with Crippen LogP contribution >= 0.6 is 0 Å². The summed E-state index contributed by atoms with van der Waals surface area (Å²) in [5.74, 6) is 1.46. The minimum Gasteiger partial charge on any atom is -0.385 e. The number of piperazine rings is 1. The number of rotatable bonds is 7. The molecule has 0 atom stereocenters. The molecule has 1 aromatic heterocycles. The lowest BCUT2D eigenvalue weighted by atomic mass is 10.1. The van der Waals surface area contributed by atoms with Crippen LogP contribution < -0.4 is 15.1 Å². The number of aryl methyl sites for hydroxylation is 1. The maximum absolute atomic E-state index is 5.06. The third-order valence-electron chi connectivity index (χ3n) is 4.86. The molecule has 3 rings (SSSR count). The predicted molar refractivity (Wildman–Crippen MR) is 105 cm³/mol. The predicted octanol–water partition coefficient (Wildman–Crippen LogP) is 2.26. The first kappa shape index (κ1) is 18.4. The van der Waals surface area contributed by atoms with Gasteiger partial charge in [-0.2, -0.15) is 10.1 Å². The molecule has 0 aliphatic carbocycles. The first-order valence-electron chi connectivity index (χ1n) is 9.17. The smallest absolute Gasteiger partial charge is 0.247 e. The van der Waals surface area contributed by atoms with E-state index in [-0.39, 0.29) is 0 Å². The Labute approximate surface area is 155 Å². The molecule has 0 unspecified atom stereocenters. The van der Waals surface area contributed by atoms with Gasteiger partial charge in [0.15, 0.2) is 5.82 Å². The third-order valence-corrected chi connectivity index (χ3v) is 4.86. The summed E-state index contributed by atoms with van der Waals surface area (Å²) in [6.45, 7) is 9.61. The van der Waals surface area contributed by atoms with E-state index in [1.807, 2.05) is 0 Å². The van der Waals surface area contributed by atoms with Gasteiger partial charge in [0.2, 0.25) is 5.95 Å². The van der Waals surface area contributed by atoms with Crippen LogP contribution in [0.25, 0.3) is 0 Å². The Bertz CT molecular complexity index is 715. The monoisotopic (exact) mass is 356 g/mol. The summed E-state index contributed by atoms with van der Waals surface area (Å²) < 4.78 is 5.06. The van der Waals surface area contributed by atoms with Gasteiger partial charge in [-0.25, -0.2) is 0 Å². The molecule has 0 radical (unpaired) electrons. The van der Waals surface area contributed by atoms with Crippen LogP contribution in [-0.4, -0.2) is 61.6 Å². The highest BCUT2D eigenvalue weighted by atomic mass is 16.5. The molecule has 7 nitrogen and oxygen atoms in total. The summed E-state index contributed by atoms with van der Waals surface area (Å²) >= 11 is 0. The van der Waals surface area contributed by atoms with Crippen LogP contribution in [0.3, 0.4) is 0 Å². The van der Waals surface area contributed by atoms with Crippen molar-refractivity contribution in [2.45, 2.75) is 20.3 Å². The maximum Gasteiger partial charge on any atom is 0.247 e. The van der Waals surface area contributed by atoms with Crippen LogP contribution in [0.4, 0.5) is 17.5 Å². The Balaban J connectivity index is 1.58. The minimum absolute atomic E-state index is 0.697. The van der Waals surface area contributed by atoms with E-state index in [1.165, 1.54) is 16.8 Å². The summed E-state index contributed by atoms with van der Waals surface area (Å²) in [6.07, 6.45) is 2.60. The van der Waals surface area contributed by atoms with Gasteiger partial charge < -0.3 is 19.9 Å². The maximum atomic E-state index is 5.06. The van der Waals surface area contributed by atoms with E-state index in [9.17, 15) is 0 Å². The van der Waals surface area contributed by atoms with Crippen LogP contribution in [0.1, 0.15) is 17.5 Å². The average molecular weight is 356 g/mol. The van der Waals surface area contributed by atoms with Gasteiger partial charge in [-0.05, 0) is 37.5 Å². The van der Waals surface area contributed by atoms with Crippen molar-refractivity contribution in [3.05, 3.63) is 35.5 Å². The number of ether oxygens (including phenoxy) is 1. The second-order valence-electron chi connectivity index (χ2n) is 6.61. The normalized spacial score (nSPS) is 14.6. The SMILES string of the molecule is COCCCNc1cnnc(N2CCN(c3cccc(C)c3C)CC2)n1. The fourth-order valence-corrected chi connectivity index (χ4v) is 3.17. The molecule has 1 aliphatic rings. The third kappa shape index (κ3) is 4.40. The summed E-state index contributed by atoms with van der Waals surface area (Å²) in [5, 5.41) is 11.6. The largest absolute Gasteiger partial charge is 0.385 e. The van der Waals surface area contributed by atoms with E-state index in [0.29, 0.717) is 5.95 Å². The van der Waals surface area contributed by atoms with Crippen molar-refractivity contribution >= 4 is 17.5 Å². The molecule has 0 bridgehead atoms. The quantitative estimate of drug-likeness (QED) is 0.763. The van der Waals surface area contributed by atoms with Gasteiger partial charge in [0.25, 0.3) is 0 Å². The number of benzene rings is 1. The second kappa shape index (κ2) is 8.80. The lowest BCUT2D eigenvalue weighted by molar-refractivity contribution is 0.197. The highest BCUT2D eigenvalue weighted by Crippen LogP contribution is 2.24. The van der Waals surface area contributed by atoms with Crippen LogP contribution in [0.5, 0.6) is 0 Å². The molecular formula is C19H28N6O.